The van der Waals surface area contributed by atoms with Crippen LogP contribution in [-0.4, -0.2) is 56.3 Å². The molecule has 0 aromatic heterocycles. The summed E-state index contributed by atoms with van der Waals surface area (Å²) in [5.74, 6) is -3.11. The number of carbonyl (C=O) groups excluding carboxylic acids is 4. The molecule has 3 amide bonds. The molecule has 2 aliphatic carbocycles. The first-order valence-electron chi connectivity index (χ1n) is 9.94. The molecule has 1 N–H and O–H groups in total. The molecule has 12 heteroatoms. The lowest BCUT2D eigenvalue weighted by Gasteiger charge is -2.28. The van der Waals surface area contributed by atoms with Crippen LogP contribution in [0.2, 0.25) is 0 Å². The molecule has 1 heterocycles. The van der Waals surface area contributed by atoms with Gasteiger partial charge in [-0.25, -0.2) is 0 Å². The Bertz CT molecular complexity index is 1000. The van der Waals surface area contributed by atoms with Crippen molar-refractivity contribution in [2.45, 2.75) is 23.0 Å². The number of aryl methyl sites for hydroxylation is 1. The van der Waals surface area contributed by atoms with Gasteiger partial charge >= 0.3 is 5.97 Å². The van der Waals surface area contributed by atoms with E-state index in [4.69, 9.17) is 4.74 Å². The van der Waals surface area contributed by atoms with Gasteiger partial charge in [0.2, 0.25) is 11.8 Å². The van der Waals surface area contributed by atoms with Crippen LogP contribution in [-0.2, 0) is 23.9 Å². The van der Waals surface area contributed by atoms with Crippen molar-refractivity contribution in [3.05, 3.63) is 33.9 Å². The second-order valence-electron chi connectivity index (χ2n) is 8.23. The number of likely N-dealkylation sites (tertiary alicyclic amines) is 1. The molecule has 3 aliphatic rings. The number of imide groups is 1. The van der Waals surface area contributed by atoms with E-state index < -0.39 is 41.8 Å². The lowest BCUT2D eigenvalue weighted by Crippen LogP contribution is -2.38. The van der Waals surface area contributed by atoms with Crippen LogP contribution >= 0.6 is 31.9 Å². The minimum atomic E-state index is -0.880. The average Bonchev–Trinajstić information content (AvgIpc) is 3.34. The van der Waals surface area contributed by atoms with Gasteiger partial charge in [-0.05, 0) is 31.2 Å². The van der Waals surface area contributed by atoms with E-state index in [1.54, 1.807) is 6.92 Å². The quantitative estimate of drug-likeness (QED) is 0.181. The molecule has 6 atom stereocenters. The number of amides is 3. The summed E-state index contributed by atoms with van der Waals surface area (Å²) in [5, 5.41) is 13.4. The third kappa shape index (κ3) is 3.83. The van der Waals surface area contributed by atoms with Crippen molar-refractivity contribution >= 4 is 66.9 Å². The van der Waals surface area contributed by atoms with Crippen molar-refractivity contribution in [1.29, 1.82) is 0 Å². The summed E-state index contributed by atoms with van der Waals surface area (Å²) in [6, 6.07) is 4.19. The fourth-order valence-electron chi connectivity index (χ4n) is 4.97. The minimum Gasteiger partial charge on any atom is -0.454 e. The summed E-state index contributed by atoms with van der Waals surface area (Å²) in [5.41, 5.74) is 0.474. The Labute approximate surface area is 199 Å². The largest absolute Gasteiger partial charge is 0.454 e. The number of carbonyl (C=O) groups is 4. The van der Waals surface area contributed by atoms with E-state index in [-0.39, 0.29) is 44.7 Å². The molecule has 4 rings (SSSR count). The lowest BCUT2D eigenvalue weighted by molar-refractivity contribution is -0.385. The van der Waals surface area contributed by atoms with Crippen molar-refractivity contribution < 1.29 is 28.8 Å². The molecule has 2 bridgehead atoms. The van der Waals surface area contributed by atoms with Crippen molar-refractivity contribution in [1.82, 2.24) is 4.90 Å². The Hall–Kier alpha value is -2.34. The zero-order chi connectivity index (χ0) is 23.3. The predicted molar refractivity (Wildman–Crippen MR) is 118 cm³/mol. The van der Waals surface area contributed by atoms with Gasteiger partial charge in [0, 0.05) is 27.0 Å². The monoisotopic (exact) mass is 571 g/mol. The maximum atomic E-state index is 12.8. The highest BCUT2D eigenvalue weighted by Gasteiger charge is 2.66. The van der Waals surface area contributed by atoms with E-state index in [1.807, 2.05) is 0 Å². The smallest absolute Gasteiger partial charge is 0.326 e. The highest BCUT2D eigenvalue weighted by atomic mass is 79.9. The van der Waals surface area contributed by atoms with Crippen LogP contribution in [0.5, 0.6) is 0 Å². The van der Waals surface area contributed by atoms with Gasteiger partial charge in [-0.15, -0.1) is 0 Å². The first kappa shape index (κ1) is 22.8. The number of fused-ring (bicyclic) bond motifs is 5. The van der Waals surface area contributed by atoms with Gasteiger partial charge in [-0.2, -0.15) is 0 Å². The first-order chi connectivity index (χ1) is 15.1. The number of anilines is 1. The number of nitrogens with one attached hydrogen (secondary N) is 1. The molecule has 2 saturated carbocycles. The van der Waals surface area contributed by atoms with E-state index in [0.29, 0.717) is 5.56 Å². The molecule has 1 aromatic rings. The normalized spacial score (nSPS) is 30.4. The number of halogens is 2. The van der Waals surface area contributed by atoms with Crippen LogP contribution in [0, 0.1) is 40.7 Å². The van der Waals surface area contributed by atoms with Crippen LogP contribution in [0.25, 0.3) is 0 Å². The fraction of sp³-hybridized carbons (Fsp3) is 0.500. The second kappa shape index (κ2) is 8.54. The summed E-state index contributed by atoms with van der Waals surface area (Å²) in [6.45, 7) is 0.372. The number of ether oxygens (including phenoxy) is 1. The summed E-state index contributed by atoms with van der Waals surface area (Å²) in [6.07, 6.45) is 0.786. The number of benzene rings is 1. The van der Waals surface area contributed by atoms with E-state index in [0.717, 1.165) is 11.3 Å². The predicted octanol–water partition coefficient (Wildman–Crippen LogP) is 2.16. The Morgan fingerprint density at radius 2 is 1.78 bits per heavy atom. The highest BCUT2D eigenvalue weighted by molar-refractivity contribution is 9.12. The van der Waals surface area contributed by atoms with E-state index in [2.05, 4.69) is 37.2 Å². The summed E-state index contributed by atoms with van der Waals surface area (Å²) in [7, 11) is 0. The van der Waals surface area contributed by atoms with Gasteiger partial charge in [0.1, 0.15) is 6.54 Å². The standard InChI is InChI=1S/C20H19Br2N3O7/c1-8-2-3-9(4-12(8)25(30)31)23-13(26)7-32-14(27)6-24-19(28)15-10-5-11(16(15)20(24)29)18(22)17(10)21/h2-4,10-11,15-18H,5-7H2,1H3,(H,23,26)/t10-,11-,15-,16-,17+,18+/m1/s1. The van der Waals surface area contributed by atoms with Gasteiger partial charge in [0.05, 0.1) is 16.8 Å². The molecule has 0 radical (unpaired) electrons. The van der Waals surface area contributed by atoms with Gasteiger partial charge in [-0.3, -0.25) is 34.2 Å². The van der Waals surface area contributed by atoms with Crippen LogP contribution in [0.1, 0.15) is 12.0 Å². The Morgan fingerprint density at radius 1 is 1.19 bits per heavy atom. The molecule has 0 spiro atoms. The molecule has 1 aliphatic heterocycles. The number of esters is 1. The molecular weight excluding hydrogens is 554 g/mol. The van der Waals surface area contributed by atoms with Crippen molar-refractivity contribution in [3.63, 3.8) is 0 Å². The zero-order valence-electron chi connectivity index (χ0n) is 16.8. The second-order valence-corrected chi connectivity index (χ2v) is 10.3. The third-order valence-electron chi connectivity index (χ3n) is 6.42. The molecule has 170 valence electrons. The van der Waals surface area contributed by atoms with Gasteiger partial charge in [-0.1, -0.05) is 37.9 Å². The van der Waals surface area contributed by atoms with Crippen LogP contribution in [0.15, 0.2) is 18.2 Å². The van der Waals surface area contributed by atoms with Crippen molar-refractivity contribution in [3.8, 4) is 0 Å². The lowest BCUT2D eigenvalue weighted by atomic mass is 9.81. The highest BCUT2D eigenvalue weighted by Crippen LogP contribution is 2.60. The number of nitrogens with zero attached hydrogens (tertiary/aromatic N) is 2. The zero-order valence-corrected chi connectivity index (χ0v) is 20.0. The number of hydrogen-bond donors (Lipinski definition) is 1. The summed E-state index contributed by atoms with van der Waals surface area (Å²) < 4.78 is 4.92. The molecule has 3 fully saturated rings. The average molecular weight is 573 g/mol. The third-order valence-corrected chi connectivity index (χ3v) is 9.63. The Morgan fingerprint density at radius 3 is 2.34 bits per heavy atom. The summed E-state index contributed by atoms with van der Waals surface area (Å²) >= 11 is 7.19. The van der Waals surface area contributed by atoms with Gasteiger partial charge in [0.15, 0.2) is 6.61 Å². The minimum absolute atomic E-state index is 0.0381. The molecule has 10 nitrogen and oxygen atoms in total. The number of hydrogen-bond acceptors (Lipinski definition) is 7. The topological polar surface area (TPSA) is 136 Å². The van der Waals surface area contributed by atoms with Crippen molar-refractivity contribution in [2.24, 2.45) is 23.7 Å². The molecular formula is C20H19Br2N3O7. The van der Waals surface area contributed by atoms with E-state index in [1.165, 1.54) is 18.2 Å². The Kier molecular flexibility index (Phi) is 6.10. The molecule has 1 aromatic carbocycles. The van der Waals surface area contributed by atoms with Gasteiger partial charge < -0.3 is 10.1 Å². The van der Waals surface area contributed by atoms with Crippen LogP contribution in [0.3, 0.4) is 0 Å². The maximum absolute atomic E-state index is 12.8. The van der Waals surface area contributed by atoms with Crippen LogP contribution < -0.4 is 5.32 Å². The van der Waals surface area contributed by atoms with Crippen LogP contribution in [0.4, 0.5) is 11.4 Å². The maximum Gasteiger partial charge on any atom is 0.326 e. The van der Waals surface area contributed by atoms with E-state index >= 15 is 0 Å². The van der Waals surface area contributed by atoms with Gasteiger partial charge in [0.25, 0.3) is 11.6 Å². The molecule has 32 heavy (non-hydrogen) atoms. The number of alkyl halides is 2. The summed E-state index contributed by atoms with van der Waals surface area (Å²) in [4.78, 5) is 61.4. The molecule has 0 unspecified atom stereocenters. The molecule has 1 saturated heterocycles. The SMILES string of the molecule is Cc1ccc(NC(=O)COC(=O)CN2C(=O)[C@@H]3[C@H]4C[C@@H]([C@H](Br)[C@H]4Br)[C@H]3C2=O)cc1[N+](=O)[O-]. The van der Waals surface area contributed by atoms with E-state index in [9.17, 15) is 29.3 Å². The Balaban J connectivity index is 1.32. The number of rotatable bonds is 6. The fourth-order valence-corrected chi connectivity index (χ4v) is 6.84. The first-order valence-corrected chi connectivity index (χ1v) is 11.8. The van der Waals surface area contributed by atoms with Crippen molar-refractivity contribution in [2.75, 3.05) is 18.5 Å². The number of nitro groups is 1. The number of nitro benzene ring substituents is 1.